The van der Waals surface area contributed by atoms with Gasteiger partial charge in [0, 0.05) is 31.4 Å². The van der Waals surface area contributed by atoms with E-state index < -0.39 is 0 Å². The van der Waals surface area contributed by atoms with E-state index in [1.165, 1.54) is 24.2 Å². The molecule has 2 N–H and O–H groups in total. The van der Waals surface area contributed by atoms with Gasteiger partial charge in [0.1, 0.15) is 0 Å². The van der Waals surface area contributed by atoms with Crippen molar-refractivity contribution in [3.8, 4) is 0 Å². The first-order valence-corrected chi connectivity index (χ1v) is 9.22. The van der Waals surface area contributed by atoms with E-state index in [1.54, 1.807) is 0 Å². The van der Waals surface area contributed by atoms with Gasteiger partial charge in [-0.2, -0.15) is 0 Å². The second-order valence-corrected chi connectivity index (χ2v) is 7.51. The van der Waals surface area contributed by atoms with E-state index in [2.05, 4.69) is 27.4 Å². The lowest BCUT2D eigenvalue weighted by Crippen LogP contribution is -2.40. The summed E-state index contributed by atoms with van der Waals surface area (Å²) in [7, 11) is 0. The van der Waals surface area contributed by atoms with Gasteiger partial charge < -0.3 is 10.6 Å². The summed E-state index contributed by atoms with van der Waals surface area (Å²) < 4.78 is 0. The average molecular weight is 336 g/mol. The molecule has 0 unspecified atom stereocenters. The highest BCUT2D eigenvalue weighted by molar-refractivity contribution is 7.13. The molecule has 6 nitrogen and oxygen atoms in total. The molecule has 2 atom stereocenters. The van der Waals surface area contributed by atoms with Gasteiger partial charge >= 0.3 is 0 Å². The number of nitrogens with one attached hydrogen (secondary N) is 2. The quantitative estimate of drug-likeness (QED) is 0.880. The molecule has 0 aromatic carbocycles. The predicted molar refractivity (Wildman–Crippen MR) is 90.2 cm³/mol. The van der Waals surface area contributed by atoms with E-state index in [4.69, 9.17) is 0 Å². The third-order valence-corrected chi connectivity index (χ3v) is 5.35. The van der Waals surface area contributed by atoms with Gasteiger partial charge in [-0.15, -0.1) is 11.3 Å². The van der Waals surface area contributed by atoms with Gasteiger partial charge in [0.15, 0.2) is 5.13 Å². The molecule has 2 aliphatic rings. The highest BCUT2D eigenvalue weighted by Gasteiger charge is 2.25. The normalized spacial score (nSPS) is 25.9. The van der Waals surface area contributed by atoms with E-state index in [9.17, 15) is 9.59 Å². The summed E-state index contributed by atoms with van der Waals surface area (Å²) >= 11 is 1.47. The maximum absolute atomic E-state index is 12.2. The van der Waals surface area contributed by atoms with Crippen LogP contribution in [-0.2, 0) is 16.1 Å². The van der Waals surface area contributed by atoms with Gasteiger partial charge in [0.25, 0.3) is 0 Å². The SMILES string of the molecule is C[C@@H]1CCCN(Cc2csc(NC(=O)[C@@H]3CCC(=O)NC3)n2)C1. The molecular formula is C16H24N4O2S. The summed E-state index contributed by atoms with van der Waals surface area (Å²) in [6.07, 6.45) is 3.60. The Labute approximate surface area is 140 Å². The number of thiazole rings is 1. The first-order chi connectivity index (χ1) is 11.1. The molecule has 2 fully saturated rings. The molecule has 1 aromatic rings. The van der Waals surface area contributed by atoms with Crippen LogP contribution in [0.5, 0.6) is 0 Å². The van der Waals surface area contributed by atoms with Gasteiger partial charge in [0.05, 0.1) is 11.6 Å². The summed E-state index contributed by atoms with van der Waals surface area (Å²) in [5.74, 6) is 0.588. The minimum absolute atomic E-state index is 0.0290. The Morgan fingerprint density at radius 2 is 2.39 bits per heavy atom. The van der Waals surface area contributed by atoms with E-state index in [-0.39, 0.29) is 17.7 Å². The molecule has 126 valence electrons. The van der Waals surface area contributed by atoms with Gasteiger partial charge in [-0.1, -0.05) is 6.92 Å². The fraction of sp³-hybridized carbons (Fsp3) is 0.688. The highest BCUT2D eigenvalue weighted by atomic mass is 32.1. The Morgan fingerprint density at radius 1 is 1.52 bits per heavy atom. The van der Waals surface area contributed by atoms with Crippen LogP contribution in [-0.4, -0.2) is 41.3 Å². The van der Waals surface area contributed by atoms with Crippen LogP contribution in [0, 0.1) is 11.8 Å². The Morgan fingerprint density at radius 3 is 3.13 bits per heavy atom. The number of hydrogen-bond acceptors (Lipinski definition) is 5. The third kappa shape index (κ3) is 4.51. The minimum atomic E-state index is -0.150. The van der Waals surface area contributed by atoms with Crippen molar-refractivity contribution in [2.24, 2.45) is 11.8 Å². The maximum atomic E-state index is 12.2. The third-order valence-electron chi connectivity index (χ3n) is 4.54. The van der Waals surface area contributed by atoms with Crippen molar-refractivity contribution in [1.29, 1.82) is 0 Å². The lowest BCUT2D eigenvalue weighted by molar-refractivity contribution is -0.126. The molecule has 0 aliphatic carbocycles. The lowest BCUT2D eigenvalue weighted by Gasteiger charge is -2.30. The molecule has 0 spiro atoms. The molecule has 3 heterocycles. The summed E-state index contributed by atoms with van der Waals surface area (Å²) in [6, 6.07) is 0. The summed E-state index contributed by atoms with van der Waals surface area (Å²) in [5, 5.41) is 8.31. The van der Waals surface area contributed by atoms with E-state index in [1.807, 2.05) is 5.38 Å². The zero-order chi connectivity index (χ0) is 16.2. The summed E-state index contributed by atoms with van der Waals surface area (Å²) in [6.45, 7) is 5.83. The van der Waals surface area contributed by atoms with Crippen LogP contribution in [0.3, 0.4) is 0 Å². The van der Waals surface area contributed by atoms with Crippen LogP contribution in [0.4, 0.5) is 5.13 Å². The lowest BCUT2D eigenvalue weighted by atomic mass is 9.98. The van der Waals surface area contributed by atoms with Crippen molar-refractivity contribution in [3.63, 3.8) is 0 Å². The predicted octanol–water partition coefficient (Wildman–Crippen LogP) is 1.84. The van der Waals surface area contributed by atoms with E-state index in [0.717, 1.165) is 31.2 Å². The molecule has 2 saturated heterocycles. The maximum Gasteiger partial charge on any atom is 0.231 e. The molecule has 0 radical (unpaired) electrons. The van der Waals surface area contributed by atoms with Crippen LogP contribution >= 0.6 is 11.3 Å². The topological polar surface area (TPSA) is 74.3 Å². The number of likely N-dealkylation sites (tertiary alicyclic amines) is 1. The largest absolute Gasteiger partial charge is 0.355 e. The second-order valence-electron chi connectivity index (χ2n) is 6.66. The molecule has 3 rings (SSSR count). The molecule has 0 bridgehead atoms. The van der Waals surface area contributed by atoms with E-state index >= 15 is 0 Å². The Kier molecular flexibility index (Phi) is 5.27. The number of carbonyl (C=O) groups excluding carboxylic acids is 2. The molecule has 7 heteroatoms. The van der Waals surface area contributed by atoms with Crippen molar-refractivity contribution in [3.05, 3.63) is 11.1 Å². The number of nitrogens with zero attached hydrogens (tertiary/aromatic N) is 2. The van der Waals surface area contributed by atoms with Crippen molar-refractivity contribution in [1.82, 2.24) is 15.2 Å². The first-order valence-electron chi connectivity index (χ1n) is 8.34. The van der Waals surface area contributed by atoms with Crippen molar-refractivity contribution < 1.29 is 9.59 Å². The molecule has 1 aromatic heterocycles. The molecule has 23 heavy (non-hydrogen) atoms. The van der Waals surface area contributed by atoms with Crippen LogP contribution in [0.1, 0.15) is 38.3 Å². The number of piperidine rings is 2. The second kappa shape index (κ2) is 7.40. The van der Waals surface area contributed by atoms with E-state index in [0.29, 0.717) is 24.5 Å². The number of carbonyl (C=O) groups is 2. The van der Waals surface area contributed by atoms with Gasteiger partial charge in [-0.3, -0.25) is 14.5 Å². The first kappa shape index (κ1) is 16.4. The summed E-state index contributed by atoms with van der Waals surface area (Å²) in [5.41, 5.74) is 1.02. The minimum Gasteiger partial charge on any atom is -0.355 e. The molecule has 0 saturated carbocycles. The van der Waals surface area contributed by atoms with Gasteiger partial charge in [-0.25, -0.2) is 4.98 Å². The van der Waals surface area contributed by atoms with Crippen molar-refractivity contribution in [2.75, 3.05) is 25.0 Å². The molecule has 2 aliphatic heterocycles. The highest BCUT2D eigenvalue weighted by Crippen LogP contribution is 2.22. The van der Waals surface area contributed by atoms with Crippen molar-refractivity contribution in [2.45, 2.75) is 39.2 Å². The molecule has 2 amide bonds. The number of rotatable bonds is 4. The fourth-order valence-electron chi connectivity index (χ4n) is 3.26. The van der Waals surface area contributed by atoms with Crippen molar-refractivity contribution >= 4 is 28.3 Å². The number of hydrogen-bond donors (Lipinski definition) is 2. The van der Waals surface area contributed by atoms with Gasteiger partial charge in [0.2, 0.25) is 11.8 Å². The smallest absolute Gasteiger partial charge is 0.231 e. The number of anilines is 1. The Bertz CT molecular complexity index is 564. The Balaban J connectivity index is 1.50. The summed E-state index contributed by atoms with van der Waals surface area (Å²) in [4.78, 5) is 30.3. The fourth-order valence-corrected chi connectivity index (χ4v) is 3.96. The van der Waals surface area contributed by atoms with Crippen LogP contribution in [0.25, 0.3) is 0 Å². The Hall–Kier alpha value is -1.47. The van der Waals surface area contributed by atoms with Crippen LogP contribution in [0.15, 0.2) is 5.38 Å². The average Bonchev–Trinajstić information content (AvgIpc) is 2.95. The monoisotopic (exact) mass is 336 g/mol. The zero-order valence-electron chi connectivity index (χ0n) is 13.5. The standard InChI is InChI=1S/C16H24N4O2S/c1-11-3-2-6-20(8-11)9-13-10-23-16(18-13)19-15(22)12-4-5-14(21)17-7-12/h10-12H,2-9H2,1H3,(H,17,21)(H,18,19,22)/t11-,12-/m1/s1. The van der Waals surface area contributed by atoms with Crippen LogP contribution in [0.2, 0.25) is 0 Å². The zero-order valence-corrected chi connectivity index (χ0v) is 14.3. The molecular weight excluding hydrogens is 312 g/mol. The van der Waals surface area contributed by atoms with Gasteiger partial charge in [-0.05, 0) is 31.7 Å². The number of aromatic nitrogens is 1. The van der Waals surface area contributed by atoms with Crippen LogP contribution < -0.4 is 10.6 Å². The number of amides is 2.